The molecule has 2 aromatic carbocycles. The van der Waals surface area contributed by atoms with Crippen molar-refractivity contribution in [3.63, 3.8) is 0 Å². The first-order valence-corrected chi connectivity index (χ1v) is 15.4. The summed E-state index contributed by atoms with van der Waals surface area (Å²) in [5.74, 6) is -6.72. The normalized spacial score (nSPS) is 27.8. The molecule has 2 bridgehead atoms. The molecular formula is C28H30ClF3N2O6S. The van der Waals surface area contributed by atoms with Crippen LogP contribution in [0.4, 0.5) is 18.9 Å². The number of hydrogen-bond acceptors (Lipinski definition) is 6. The summed E-state index contributed by atoms with van der Waals surface area (Å²) in [6.45, 7) is 0.998. The average molecular weight is 615 g/mol. The number of anilines is 1. The van der Waals surface area contributed by atoms with Crippen LogP contribution in [0.2, 0.25) is 5.02 Å². The lowest BCUT2D eigenvalue weighted by molar-refractivity contribution is -0.132. The first kappa shape index (κ1) is 29.8. The maximum atomic E-state index is 13.7. The van der Waals surface area contributed by atoms with E-state index in [9.17, 15) is 36.3 Å². The Balaban J connectivity index is 1.30. The van der Waals surface area contributed by atoms with Crippen molar-refractivity contribution in [1.29, 1.82) is 0 Å². The van der Waals surface area contributed by atoms with Crippen molar-refractivity contribution in [2.45, 2.75) is 54.3 Å². The lowest BCUT2D eigenvalue weighted by Gasteiger charge is -2.42. The van der Waals surface area contributed by atoms with E-state index in [2.05, 4.69) is 10.6 Å². The van der Waals surface area contributed by atoms with Crippen LogP contribution in [-0.4, -0.2) is 55.9 Å². The number of carbonyl (C=O) groups is 2. The molecule has 3 N–H and O–H groups in total. The molecule has 41 heavy (non-hydrogen) atoms. The molecule has 0 radical (unpaired) electrons. The fraction of sp³-hybridized carbons (Fsp3) is 0.500. The molecule has 5 rings (SSSR count). The van der Waals surface area contributed by atoms with Crippen LogP contribution in [0.5, 0.6) is 0 Å². The molecule has 13 heteroatoms. The highest BCUT2D eigenvalue weighted by atomic mass is 35.5. The number of ether oxygens (including phenoxy) is 1. The number of hydrogen-bond donors (Lipinski definition) is 3. The van der Waals surface area contributed by atoms with Gasteiger partial charge in [-0.2, -0.15) is 0 Å². The number of rotatable bonds is 7. The molecule has 2 saturated carbocycles. The van der Waals surface area contributed by atoms with E-state index in [0.29, 0.717) is 44.6 Å². The van der Waals surface area contributed by atoms with Crippen LogP contribution < -0.4 is 10.6 Å². The summed E-state index contributed by atoms with van der Waals surface area (Å²) in [6.07, 6.45) is 3.03. The van der Waals surface area contributed by atoms with Gasteiger partial charge in [0, 0.05) is 36.5 Å². The lowest BCUT2D eigenvalue weighted by Crippen LogP contribution is -2.55. The Bertz CT molecular complexity index is 1430. The Labute approximate surface area is 240 Å². The number of sulfone groups is 1. The van der Waals surface area contributed by atoms with E-state index in [1.807, 2.05) is 0 Å². The largest absolute Gasteiger partial charge is 0.387 e. The molecule has 8 nitrogen and oxygen atoms in total. The van der Waals surface area contributed by atoms with Crippen molar-refractivity contribution in [1.82, 2.24) is 5.32 Å². The zero-order valence-electron chi connectivity index (χ0n) is 22.0. The molecular weight excluding hydrogens is 585 g/mol. The number of halogens is 4. The highest BCUT2D eigenvalue weighted by molar-refractivity contribution is 7.92. The third kappa shape index (κ3) is 5.84. The standard InChI is InChI=1S/C28H30ClF3N2O6S/c29-21-6-3-15(27(36)34-19-11-22(30)25(32)23(31)12-19)8-24(21)41(38,39)20-9-17-4-5-18(10-20)28(17,37)14-33-26(35)16-2-1-7-40-13-16/h3,6,8,11-12,16-18,20,37H,1-2,4-5,7,9-10,13-14H2,(H,33,35)(H,34,36). The minimum absolute atomic E-state index is 0.0332. The molecule has 3 atom stereocenters. The summed E-state index contributed by atoms with van der Waals surface area (Å²) in [5.41, 5.74) is -1.72. The Kier molecular flexibility index (Phi) is 8.39. The van der Waals surface area contributed by atoms with Crippen molar-refractivity contribution in [2.24, 2.45) is 17.8 Å². The summed E-state index contributed by atoms with van der Waals surface area (Å²) in [4.78, 5) is 25.1. The zero-order valence-corrected chi connectivity index (χ0v) is 23.5. The van der Waals surface area contributed by atoms with Gasteiger partial charge in [-0.05, 0) is 68.6 Å². The summed E-state index contributed by atoms with van der Waals surface area (Å²) >= 11 is 6.27. The van der Waals surface area contributed by atoms with Crippen molar-refractivity contribution in [2.75, 3.05) is 25.1 Å². The summed E-state index contributed by atoms with van der Waals surface area (Å²) < 4.78 is 73.3. The molecule has 1 heterocycles. The van der Waals surface area contributed by atoms with Crippen LogP contribution >= 0.6 is 11.6 Å². The quantitative estimate of drug-likeness (QED) is 0.401. The fourth-order valence-electron chi connectivity index (χ4n) is 6.35. The summed E-state index contributed by atoms with van der Waals surface area (Å²) in [5, 5.41) is 15.6. The maximum Gasteiger partial charge on any atom is 0.255 e. The van der Waals surface area contributed by atoms with Gasteiger partial charge in [0.1, 0.15) is 0 Å². The molecule has 3 unspecified atom stereocenters. The SMILES string of the molecule is O=C(Nc1cc(F)c(F)c(F)c1)c1ccc(Cl)c(S(=O)(=O)C2CC3CCC(C2)C3(O)CNC(=O)C2CCCOC2)c1. The molecule has 3 aliphatic rings. The molecule has 0 aromatic heterocycles. The summed E-state index contributed by atoms with van der Waals surface area (Å²) in [7, 11) is -4.06. The number of aliphatic hydroxyl groups is 1. The minimum Gasteiger partial charge on any atom is -0.387 e. The van der Waals surface area contributed by atoms with Gasteiger partial charge < -0.3 is 20.5 Å². The third-order valence-electron chi connectivity index (χ3n) is 8.63. The monoisotopic (exact) mass is 614 g/mol. The average Bonchev–Trinajstić information content (AvgIpc) is 3.10. The van der Waals surface area contributed by atoms with Gasteiger partial charge in [0.05, 0.1) is 33.3 Å². The van der Waals surface area contributed by atoms with Crippen molar-refractivity contribution < 1.29 is 41.0 Å². The number of fused-ring (bicyclic) bond motifs is 2. The van der Waals surface area contributed by atoms with Gasteiger partial charge in [0.15, 0.2) is 27.3 Å². The second-order valence-corrected chi connectivity index (χ2v) is 13.7. The molecule has 1 aliphatic heterocycles. The molecule has 0 spiro atoms. The van der Waals surface area contributed by atoms with Gasteiger partial charge in [-0.3, -0.25) is 9.59 Å². The Hall–Kier alpha value is -2.67. The van der Waals surface area contributed by atoms with E-state index in [0.717, 1.165) is 12.5 Å². The summed E-state index contributed by atoms with van der Waals surface area (Å²) in [6, 6.07) is 4.81. The first-order valence-electron chi connectivity index (χ1n) is 13.5. The van der Waals surface area contributed by atoms with Gasteiger partial charge in [-0.25, -0.2) is 21.6 Å². The number of benzene rings is 2. The minimum atomic E-state index is -4.06. The molecule has 2 aliphatic carbocycles. The van der Waals surface area contributed by atoms with E-state index >= 15 is 0 Å². The van der Waals surface area contributed by atoms with Gasteiger partial charge in [0.25, 0.3) is 5.91 Å². The molecule has 3 fully saturated rings. The lowest BCUT2D eigenvalue weighted by atomic mass is 9.74. The van der Waals surface area contributed by atoms with E-state index in [-0.39, 0.29) is 64.2 Å². The van der Waals surface area contributed by atoms with Gasteiger partial charge >= 0.3 is 0 Å². The van der Waals surface area contributed by atoms with Crippen molar-refractivity contribution >= 4 is 38.9 Å². The van der Waals surface area contributed by atoms with E-state index in [1.54, 1.807) is 0 Å². The molecule has 2 amide bonds. The third-order valence-corrected chi connectivity index (χ3v) is 11.3. The maximum absolute atomic E-state index is 13.7. The van der Waals surface area contributed by atoms with Crippen LogP contribution in [0, 0.1) is 35.2 Å². The Morgan fingerprint density at radius 3 is 2.32 bits per heavy atom. The second-order valence-electron chi connectivity index (χ2n) is 11.1. The van der Waals surface area contributed by atoms with E-state index < -0.39 is 44.0 Å². The molecule has 222 valence electrons. The van der Waals surface area contributed by atoms with E-state index in [1.165, 1.54) is 12.1 Å². The van der Waals surface area contributed by atoms with Crippen LogP contribution in [0.25, 0.3) is 0 Å². The Morgan fingerprint density at radius 2 is 1.71 bits per heavy atom. The van der Waals surface area contributed by atoms with Crippen molar-refractivity contribution in [3.8, 4) is 0 Å². The topological polar surface area (TPSA) is 122 Å². The van der Waals surface area contributed by atoms with Gasteiger partial charge in [-0.1, -0.05) is 11.6 Å². The van der Waals surface area contributed by atoms with Crippen molar-refractivity contribution in [3.05, 3.63) is 58.4 Å². The van der Waals surface area contributed by atoms with Gasteiger partial charge in [0.2, 0.25) is 5.91 Å². The van der Waals surface area contributed by atoms with Crippen LogP contribution in [0.3, 0.4) is 0 Å². The predicted molar refractivity (Wildman–Crippen MR) is 144 cm³/mol. The first-order chi connectivity index (χ1) is 19.4. The van der Waals surface area contributed by atoms with Crippen LogP contribution in [0.15, 0.2) is 35.2 Å². The number of nitrogens with one attached hydrogen (secondary N) is 2. The van der Waals surface area contributed by atoms with Gasteiger partial charge in [-0.15, -0.1) is 0 Å². The van der Waals surface area contributed by atoms with Crippen LogP contribution in [-0.2, 0) is 19.4 Å². The highest BCUT2D eigenvalue weighted by Gasteiger charge is 2.55. The highest BCUT2D eigenvalue weighted by Crippen LogP contribution is 2.52. The smallest absolute Gasteiger partial charge is 0.255 e. The number of carbonyl (C=O) groups excluding carboxylic acids is 2. The fourth-order valence-corrected chi connectivity index (χ4v) is 8.75. The zero-order chi connectivity index (χ0) is 29.5. The second kappa shape index (κ2) is 11.5. The predicted octanol–water partition coefficient (Wildman–Crippen LogP) is 4.25. The molecule has 1 saturated heterocycles. The molecule has 2 aromatic rings. The van der Waals surface area contributed by atoms with E-state index in [4.69, 9.17) is 16.3 Å². The number of amides is 2. The van der Waals surface area contributed by atoms with Crippen LogP contribution in [0.1, 0.15) is 48.9 Å². The Morgan fingerprint density at radius 1 is 1.05 bits per heavy atom.